The molecule has 0 aliphatic heterocycles. The summed E-state index contributed by atoms with van der Waals surface area (Å²) < 4.78 is 25.5. The standard InChI is InChI=1S/C16H13ClN2O4S/c1-9(2)16(21)18-12-7-13(19-24(22)23)15(14(20)8-12)10-3-5-11(17)6-4-10/h3-8,20H,1H2,2H3,(H,18,21). The second-order valence-electron chi connectivity index (χ2n) is 4.94. The summed E-state index contributed by atoms with van der Waals surface area (Å²) in [5, 5.41) is 13.3. The van der Waals surface area contributed by atoms with Crippen molar-refractivity contribution in [3.05, 3.63) is 53.6 Å². The van der Waals surface area contributed by atoms with Crippen LogP contribution < -0.4 is 5.32 Å². The van der Waals surface area contributed by atoms with Gasteiger partial charge in [-0.15, -0.1) is 4.36 Å². The Morgan fingerprint density at radius 1 is 1.25 bits per heavy atom. The van der Waals surface area contributed by atoms with Gasteiger partial charge in [0.2, 0.25) is 0 Å². The monoisotopic (exact) mass is 364 g/mol. The Morgan fingerprint density at radius 3 is 2.42 bits per heavy atom. The predicted octanol–water partition coefficient (Wildman–Crippen LogP) is 3.92. The highest BCUT2D eigenvalue weighted by atomic mass is 35.5. The van der Waals surface area contributed by atoms with Gasteiger partial charge in [-0.05, 0) is 30.7 Å². The summed E-state index contributed by atoms with van der Waals surface area (Å²) >= 11 is 5.83. The van der Waals surface area contributed by atoms with Crippen molar-refractivity contribution in [2.45, 2.75) is 6.92 Å². The van der Waals surface area contributed by atoms with E-state index in [4.69, 9.17) is 11.6 Å². The fourth-order valence-electron chi connectivity index (χ4n) is 1.99. The fourth-order valence-corrected chi connectivity index (χ4v) is 2.42. The SMILES string of the molecule is C=C(C)C(=O)Nc1cc(O)c(-c2ccc(Cl)cc2)c(N=S(=O)=O)c1. The van der Waals surface area contributed by atoms with E-state index in [1.165, 1.54) is 19.1 Å². The highest BCUT2D eigenvalue weighted by Gasteiger charge is 2.14. The zero-order valence-electron chi connectivity index (χ0n) is 12.6. The number of rotatable bonds is 4. The molecule has 2 rings (SSSR count). The lowest BCUT2D eigenvalue weighted by Crippen LogP contribution is -2.11. The van der Waals surface area contributed by atoms with Gasteiger partial charge in [0.1, 0.15) is 5.75 Å². The minimum absolute atomic E-state index is 0.0114. The van der Waals surface area contributed by atoms with E-state index in [-0.39, 0.29) is 28.3 Å². The van der Waals surface area contributed by atoms with Crippen LogP contribution in [0.2, 0.25) is 5.02 Å². The maximum absolute atomic E-state index is 11.7. The number of amides is 1. The summed E-state index contributed by atoms with van der Waals surface area (Å²) in [5.74, 6) is -0.691. The van der Waals surface area contributed by atoms with Gasteiger partial charge in [0, 0.05) is 22.3 Å². The van der Waals surface area contributed by atoms with E-state index in [0.717, 1.165) is 0 Å². The molecule has 0 heterocycles. The van der Waals surface area contributed by atoms with Crippen LogP contribution in [0.1, 0.15) is 6.92 Å². The van der Waals surface area contributed by atoms with Crippen molar-refractivity contribution < 1.29 is 18.3 Å². The summed E-state index contributed by atoms with van der Waals surface area (Å²) in [5.41, 5.74) is 1.19. The van der Waals surface area contributed by atoms with Gasteiger partial charge in [0.05, 0.1) is 11.3 Å². The number of anilines is 1. The Bertz CT molecular complexity index is 943. The average molecular weight is 365 g/mol. The number of aromatic hydroxyl groups is 1. The van der Waals surface area contributed by atoms with E-state index in [0.29, 0.717) is 10.6 Å². The van der Waals surface area contributed by atoms with Gasteiger partial charge in [0.15, 0.2) is 0 Å². The molecule has 0 saturated heterocycles. The average Bonchev–Trinajstić information content (AvgIpc) is 2.47. The summed E-state index contributed by atoms with van der Waals surface area (Å²) in [4.78, 5) is 11.7. The molecule has 0 aliphatic carbocycles. The number of phenols is 1. The maximum atomic E-state index is 11.7. The Balaban J connectivity index is 2.62. The van der Waals surface area contributed by atoms with Crippen molar-refractivity contribution in [3.8, 4) is 16.9 Å². The molecule has 0 atom stereocenters. The van der Waals surface area contributed by atoms with Gasteiger partial charge in [-0.1, -0.05) is 30.3 Å². The first-order valence-electron chi connectivity index (χ1n) is 6.69. The fraction of sp³-hybridized carbons (Fsp3) is 0.0625. The van der Waals surface area contributed by atoms with Gasteiger partial charge >= 0.3 is 10.5 Å². The molecule has 24 heavy (non-hydrogen) atoms. The zero-order valence-corrected chi connectivity index (χ0v) is 14.1. The Morgan fingerprint density at radius 2 is 1.88 bits per heavy atom. The molecule has 0 fully saturated rings. The molecule has 0 radical (unpaired) electrons. The van der Waals surface area contributed by atoms with Crippen LogP contribution in [0, 0.1) is 0 Å². The number of hydrogen-bond donors (Lipinski definition) is 2. The third-order valence-corrected chi connectivity index (χ3v) is 3.65. The van der Waals surface area contributed by atoms with Crippen molar-refractivity contribution in [2.75, 3.05) is 5.32 Å². The molecule has 0 aromatic heterocycles. The number of carbonyl (C=O) groups excluding carboxylic acids is 1. The largest absolute Gasteiger partial charge is 0.507 e. The van der Waals surface area contributed by atoms with Gasteiger partial charge < -0.3 is 10.4 Å². The molecule has 1 amide bonds. The highest BCUT2D eigenvalue weighted by molar-refractivity contribution is 7.61. The quantitative estimate of drug-likeness (QED) is 0.803. The molecule has 0 unspecified atom stereocenters. The summed E-state index contributed by atoms with van der Waals surface area (Å²) in [6.45, 7) is 5.03. The normalized spacial score (nSPS) is 10.1. The molecular weight excluding hydrogens is 352 g/mol. The van der Waals surface area contributed by atoms with Crippen LogP contribution >= 0.6 is 11.6 Å². The summed E-state index contributed by atoms with van der Waals surface area (Å²) in [6.07, 6.45) is 0. The molecule has 0 aliphatic rings. The van der Waals surface area contributed by atoms with Gasteiger partial charge in [-0.3, -0.25) is 4.79 Å². The second-order valence-corrected chi connectivity index (χ2v) is 5.99. The molecule has 124 valence electrons. The number of halogens is 1. The summed E-state index contributed by atoms with van der Waals surface area (Å²) in [7, 11) is -2.74. The van der Waals surface area contributed by atoms with E-state index >= 15 is 0 Å². The van der Waals surface area contributed by atoms with E-state index < -0.39 is 16.4 Å². The minimum Gasteiger partial charge on any atom is -0.507 e. The summed E-state index contributed by atoms with van der Waals surface area (Å²) in [6, 6.07) is 9.10. The number of carbonyl (C=O) groups is 1. The molecule has 0 saturated carbocycles. The molecular formula is C16H13ClN2O4S. The Hall–Kier alpha value is -2.64. The molecule has 0 spiro atoms. The first-order chi connectivity index (χ1) is 11.3. The van der Waals surface area contributed by atoms with Crippen LogP contribution in [0.3, 0.4) is 0 Å². The van der Waals surface area contributed by atoms with Gasteiger partial charge in [-0.25, -0.2) is 0 Å². The lowest BCUT2D eigenvalue weighted by molar-refractivity contribution is -0.112. The van der Waals surface area contributed by atoms with E-state index in [1.54, 1.807) is 24.3 Å². The molecule has 0 bridgehead atoms. The van der Waals surface area contributed by atoms with Crippen LogP contribution in [0.15, 0.2) is 52.9 Å². The third kappa shape index (κ3) is 4.21. The van der Waals surface area contributed by atoms with E-state index in [1.807, 2.05) is 0 Å². The maximum Gasteiger partial charge on any atom is 0.316 e. The Labute approximate surface area is 145 Å². The first kappa shape index (κ1) is 17.7. The van der Waals surface area contributed by atoms with Crippen molar-refractivity contribution in [2.24, 2.45) is 4.36 Å². The topological polar surface area (TPSA) is 95.8 Å². The van der Waals surface area contributed by atoms with Crippen molar-refractivity contribution >= 4 is 39.4 Å². The van der Waals surface area contributed by atoms with Crippen LogP contribution in [0.25, 0.3) is 11.1 Å². The molecule has 8 heteroatoms. The number of nitrogens with one attached hydrogen (secondary N) is 1. The van der Waals surface area contributed by atoms with Crippen molar-refractivity contribution in [1.29, 1.82) is 0 Å². The van der Waals surface area contributed by atoms with E-state index in [9.17, 15) is 18.3 Å². The van der Waals surface area contributed by atoms with Crippen LogP contribution in [-0.2, 0) is 15.3 Å². The van der Waals surface area contributed by atoms with Crippen LogP contribution in [-0.4, -0.2) is 19.4 Å². The van der Waals surface area contributed by atoms with Gasteiger partial charge in [-0.2, -0.15) is 8.42 Å². The number of benzene rings is 2. The lowest BCUT2D eigenvalue weighted by Gasteiger charge is -2.12. The van der Waals surface area contributed by atoms with Gasteiger partial charge in [0.25, 0.3) is 5.91 Å². The highest BCUT2D eigenvalue weighted by Crippen LogP contribution is 2.41. The smallest absolute Gasteiger partial charge is 0.316 e. The first-order valence-corrected chi connectivity index (χ1v) is 8.10. The van der Waals surface area contributed by atoms with Crippen LogP contribution in [0.4, 0.5) is 11.4 Å². The third-order valence-electron chi connectivity index (χ3n) is 3.05. The molecule has 6 nitrogen and oxygen atoms in total. The molecule has 2 N–H and O–H groups in total. The number of nitrogens with zero attached hydrogens (tertiary/aromatic N) is 1. The van der Waals surface area contributed by atoms with E-state index in [2.05, 4.69) is 16.3 Å². The predicted molar refractivity (Wildman–Crippen MR) is 93.0 cm³/mol. The Kier molecular flexibility index (Phi) is 5.38. The molecule has 2 aromatic rings. The second kappa shape index (κ2) is 7.29. The van der Waals surface area contributed by atoms with Crippen LogP contribution in [0.5, 0.6) is 5.75 Å². The number of phenolic OH excluding ortho intramolecular Hbond substituents is 1. The minimum atomic E-state index is -2.74. The van der Waals surface area contributed by atoms with Crippen molar-refractivity contribution in [1.82, 2.24) is 0 Å². The lowest BCUT2D eigenvalue weighted by atomic mass is 10.0. The number of hydrogen-bond acceptors (Lipinski definition) is 5. The molecule has 2 aromatic carbocycles. The van der Waals surface area contributed by atoms with Crippen molar-refractivity contribution in [3.63, 3.8) is 0 Å². The zero-order chi connectivity index (χ0) is 17.9.